The Hall–Kier alpha value is -1.55. The van der Waals surface area contributed by atoms with Crippen LogP contribution in [0.4, 0.5) is 0 Å². The maximum absolute atomic E-state index is 11.3. The highest BCUT2D eigenvalue weighted by Crippen LogP contribution is 2.39. The molecule has 4 nitrogen and oxygen atoms in total. The lowest BCUT2D eigenvalue weighted by molar-refractivity contribution is -0.148. The first-order chi connectivity index (χ1) is 9.72. The van der Waals surface area contributed by atoms with E-state index in [4.69, 9.17) is 14.2 Å². The van der Waals surface area contributed by atoms with Gasteiger partial charge in [-0.1, -0.05) is 24.6 Å². The molecule has 1 aromatic carbocycles. The Morgan fingerprint density at radius 1 is 1.25 bits per heavy atom. The van der Waals surface area contributed by atoms with Gasteiger partial charge in [0.15, 0.2) is 6.79 Å². The molecular formula is C16H22O4. The maximum Gasteiger partial charge on any atom is 0.302 e. The molecule has 0 aliphatic heterocycles. The molecule has 0 radical (unpaired) electrons. The molecule has 1 saturated carbocycles. The van der Waals surface area contributed by atoms with Crippen molar-refractivity contribution in [1.29, 1.82) is 0 Å². The van der Waals surface area contributed by atoms with Crippen LogP contribution in [0.2, 0.25) is 0 Å². The number of carbonyl (C=O) groups excluding carboxylic acids is 1. The van der Waals surface area contributed by atoms with E-state index in [1.54, 1.807) is 7.11 Å². The Kier molecular flexibility index (Phi) is 5.41. The maximum atomic E-state index is 11.3. The van der Waals surface area contributed by atoms with Gasteiger partial charge in [-0.15, -0.1) is 0 Å². The number of benzene rings is 1. The molecule has 1 aliphatic rings. The molecular weight excluding hydrogens is 256 g/mol. The van der Waals surface area contributed by atoms with Crippen LogP contribution in [-0.2, 0) is 14.3 Å². The van der Waals surface area contributed by atoms with Crippen LogP contribution in [0.1, 0.15) is 44.1 Å². The Morgan fingerprint density at radius 3 is 2.75 bits per heavy atom. The second-order valence-corrected chi connectivity index (χ2v) is 5.13. The monoisotopic (exact) mass is 278 g/mol. The zero-order chi connectivity index (χ0) is 14.4. The summed E-state index contributed by atoms with van der Waals surface area (Å²) in [5.74, 6) is 0.816. The van der Waals surface area contributed by atoms with E-state index in [0.717, 1.165) is 37.0 Å². The van der Waals surface area contributed by atoms with E-state index in [-0.39, 0.29) is 24.8 Å². The zero-order valence-electron chi connectivity index (χ0n) is 12.1. The summed E-state index contributed by atoms with van der Waals surface area (Å²) in [6, 6.07) is 7.93. The number of esters is 1. The lowest BCUT2D eigenvalue weighted by atomic mass is 9.81. The van der Waals surface area contributed by atoms with Gasteiger partial charge >= 0.3 is 5.97 Å². The Bertz CT molecular complexity index is 444. The van der Waals surface area contributed by atoms with Crippen molar-refractivity contribution in [2.75, 3.05) is 13.9 Å². The summed E-state index contributed by atoms with van der Waals surface area (Å²) in [5.41, 5.74) is 1.11. The molecule has 0 aromatic heterocycles. The Morgan fingerprint density at radius 2 is 2.00 bits per heavy atom. The van der Waals surface area contributed by atoms with E-state index in [2.05, 4.69) is 6.07 Å². The van der Waals surface area contributed by atoms with Crippen molar-refractivity contribution < 1.29 is 19.0 Å². The number of carbonyl (C=O) groups is 1. The predicted molar refractivity (Wildman–Crippen MR) is 75.7 cm³/mol. The topological polar surface area (TPSA) is 44.8 Å². The normalized spacial score (nSPS) is 22.3. The van der Waals surface area contributed by atoms with Gasteiger partial charge in [-0.3, -0.25) is 4.79 Å². The van der Waals surface area contributed by atoms with Crippen molar-refractivity contribution in [3.8, 4) is 5.75 Å². The highest BCUT2D eigenvalue weighted by Gasteiger charge is 2.30. The minimum atomic E-state index is -0.211. The summed E-state index contributed by atoms with van der Waals surface area (Å²) in [7, 11) is 1.60. The lowest BCUT2D eigenvalue weighted by Crippen LogP contribution is -2.28. The molecule has 1 fully saturated rings. The molecule has 1 aromatic rings. The molecule has 0 heterocycles. The fourth-order valence-electron chi connectivity index (χ4n) is 2.85. The van der Waals surface area contributed by atoms with Crippen LogP contribution < -0.4 is 4.74 Å². The first kappa shape index (κ1) is 14.9. The van der Waals surface area contributed by atoms with Crippen molar-refractivity contribution in [1.82, 2.24) is 0 Å². The van der Waals surface area contributed by atoms with Crippen molar-refractivity contribution in [2.24, 2.45) is 0 Å². The van der Waals surface area contributed by atoms with Crippen LogP contribution in [-0.4, -0.2) is 26.0 Å². The van der Waals surface area contributed by atoms with Gasteiger partial charge in [0.1, 0.15) is 11.9 Å². The van der Waals surface area contributed by atoms with Gasteiger partial charge in [0.2, 0.25) is 0 Å². The number of hydrogen-bond donors (Lipinski definition) is 0. The average Bonchev–Trinajstić information content (AvgIpc) is 2.45. The first-order valence-corrected chi connectivity index (χ1v) is 7.10. The lowest BCUT2D eigenvalue weighted by Gasteiger charge is -2.32. The second kappa shape index (κ2) is 7.29. The predicted octanol–water partition coefficient (Wildman–Crippen LogP) is 3.26. The van der Waals surface area contributed by atoms with E-state index in [1.165, 1.54) is 6.92 Å². The van der Waals surface area contributed by atoms with E-state index in [1.807, 2.05) is 18.2 Å². The molecule has 1 aliphatic carbocycles. The third-order valence-electron chi connectivity index (χ3n) is 3.67. The summed E-state index contributed by atoms with van der Waals surface area (Å²) < 4.78 is 16.1. The molecule has 2 atom stereocenters. The molecule has 2 rings (SSSR count). The van der Waals surface area contributed by atoms with Crippen molar-refractivity contribution in [3.63, 3.8) is 0 Å². The van der Waals surface area contributed by atoms with Gasteiger partial charge in [-0.25, -0.2) is 0 Å². The molecule has 0 bridgehead atoms. The van der Waals surface area contributed by atoms with Crippen molar-refractivity contribution in [2.45, 2.75) is 44.6 Å². The van der Waals surface area contributed by atoms with Crippen molar-refractivity contribution in [3.05, 3.63) is 29.8 Å². The van der Waals surface area contributed by atoms with Gasteiger partial charge in [-0.05, 0) is 25.3 Å². The zero-order valence-corrected chi connectivity index (χ0v) is 12.1. The minimum absolute atomic E-state index is 0.0476. The molecule has 110 valence electrons. The molecule has 0 unspecified atom stereocenters. The van der Waals surface area contributed by atoms with Crippen molar-refractivity contribution >= 4 is 5.97 Å². The van der Waals surface area contributed by atoms with E-state index < -0.39 is 0 Å². The molecule has 4 heteroatoms. The number of hydrogen-bond acceptors (Lipinski definition) is 4. The summed E-state index contributed by atoms with van der Waals surface area (Å²) in [5, 5.41) is 0. The smallest absolute Gasteiger partial charge is 0.302 e. The molecule has 0 spiro atoms. The van der Waals surface area contributed by atoms with E-state index >= 15 is 0 Å². The van der Waals surface area contributed by atoms with Gasteiger partial charge in [0, 0.05) is 25.5 Å². The summed E-state index contributed by atoms with van der Waals surface area (Å²) in [6.45, 7) is 1.70. The fraction of sp³-hybridized carbons (Fsp3) is 0.562. The molecule has 0 N–H and O–H groups in total. The van der Waals surface area contributed by atoms with Gasteiger partial charge in [0.05, 0.1) is 0 Å². The van der Waals surface area contributed by atoms with Crippen LogP contribution in [0.5, 0.6) is 5.75 Å². The summed E-state index contributed by atoms with van der Waals surface area (Å²) in [6.07, 6.45) is 4.15. The highest BCUT2D eigenvalue weighted by molar-refractivity contribution is 5.66. The average molecular weight is 278 g/mol. The standard InChI is InChI=1S/C16H22O4/c1-12(17)20-16-10-6-4-8-14(16)13-7-3-5-9-15(13)19-11-18-2/h3,5,7,9,14,16H,4,6,8,10-11H2,1-2H3/t14-,16+/m0/s1. The third kappa shape index (κ3) is 3.73. The number of ether oxygens (including phenoxy) is 3. The van der Waals surface area contributed by atoms with Gasteiger partial charge in [-0.2, -0.15) is 0 Å². The number of methoxy groups -OCH3 is 1. The van der Waals surface area contributed by atoms with E-state index in [9.17, 15) is 4.79 Å². The van der Waals surface area contributed by atoms with Gasteiger partial charge in [0.25, 0.3) is 0 Å². The van der Waals surface area contributed by atoms with E-state index in [0.29, 0.717) is 0 Å². The molecule has 0 amide bonds. The van der Waals surface area contributed by atoms with Gasteiger partial charge < -0.3 is 14.2 Å². The second-order valence-electron chi connectivity index (χ2n) is 5.13. The quantitative estimate of drug-likeness (QED) is 0.612. The van der Waals surface area contributed by atoms with Crippen LogP contribution in [0, 0.1) is 0 Å². The van der Waals surface area contributed by atoms with Crippen LogP contribution in [0.15, 0.2) is 24.3 Å². The fourth-order valence-corrected chi connectivity index (χ4v) is 2.85. The highest BCUT2D eigenvalue weighted by atomic mass is 16.7. The third-order valence-corrected chi connectivity index (χ3v) is 3.67. The number of para-hydroxylation sites is 1. The Balaban J connectivity index is 2.20. The summed E-state index contributed by atoms with van der Waals surface area (Å²) >= 11 is 0. The SMILES string of the molecule is COCOc1ccccc1[C@@H]1CCCC[C@H]1OC(C)=O. The number of rotatable bonds is 5. The Labute approximate surface area is 120 Å². The molecule has 20 heavy (non-hydrogen) atoms. The minimum Gasteiger partial charge on any atom is -0.467 e. The summed E-state index contributed by atoms with van der Waals surface area (Å²) in [4.78, 5) is 11.3. The van der Waals surface area contributed by atoms with Crippen LogP contribution in [0.3, 0.4) is 0 Å². The van der Waals surface area contributed by atoms with Crippen LogP contribution >= 0.6 is 0 Å². The largest absolute Gasteiger partial charge is 0.467 e. The molecule has 0 saturated heterocycles. The van der Waals surface area contributed by atoms with Crippen LogP contribution in [0.25, 0.3) is 0 Å². The first-order valence-electron chi connectivity index (χ1n) is 7.10.